The average Bonchev–Trinajstić information content (AvgIpc) is 2.09. The zero-order chi connectivity index (χ0) is 9.23. The van der Waals surface area contributed by atoms with Crippen molar-refractivity contribution in [2.75, 3.05) is 11.0 Å². The first-order chi connectivity index (χ1) is 5.81. The molecule has 0 radical (unpaired) electrons. The number of carbonyl (C=O) groups excluding carboxylic acids is 1. The smallest absolute Gasteiger partial charge is 0.307 e. The lowest BCUT2D eigenvalue weighted by Crippen LogP contribution is -2.03. The van der Waals surface area contributed by atoms with E-state index >= 15 is 0 Å². The molecule has 0 aliphatic carbocycles. The number of hydrogen-bond donors (Lipinski definition) is 0. The van der Waals surface area contributed by atoms with Crippen molar-refractivity contribution in [2.45, 2.75) is 12.8 Å². The zero-order valence-corrected chi connectivity index (χ0v) is 8.96. The van der Waals surface area contributed by atoms with Crippen LogP contribution in [0.2, 0.25) is 0 Å². The lowest BCUT2D eigenvalue weighted by atomic mass is 10.3. The van der Waals surface area contributed by atoms with Crippen LogP contribution in [-0.2, 0) is 9.53 Å². The molecule has 2 nitrogen and oxygen atoms in total. The minimum Gasteiger partial charge on any atom is -0.461 e. The highest BCUT2D eigenvalue weighted by atomic mass is 127. The molecule has 0 rings (SSSR count). The largest absolute Gasteiger partial charge is 0.461 e. The van der Waals surface area contributed by atoms with Gasteiger partial charge in [-0.3, -0.25) is 4.79 Å². The summed E-state index contributed by atoms with van der Waals surface area (Å²) in [5, 5.41) is 0. The monoisotopic (exact) mass is 278 g/mol. The number of hydrogen-bond acceptors (Lipinski definition) is 2. The fourth-order valence-corrected chi connectivity index (χ4v) is 0.794. The van der Waals surface area contributed by atoms with Gasteiger partial charge in [-0.25, -0.2) is 0 Å². The SMILES string of the molecule is C=CCOC(=O)CCC#CCI. The molecule has 0 unspecified atom stereocenters. The van der Waals surface area contributed by atoms with Gasteiger partial charge >= 0.3 is 5.97 Å². The summed E-state index contributed by atoms with van der Waals surface area (Å²) in [4.78, 5) is 10.8. The van der Waals surface area contributed by atoms with Gasteiger partial charge in [-0.15, -0.1) is 5.92 Å². The van der Waals surface area contributed by atoms with E-state index in [4.69, 9.17) is 4.74 Å². The summed E-state index contributed by atoms with van der Waals surface area (Å²) in [7, 11) is 0. The van der Waals surface area contributed by atoms with E-state index in [1.54, 1.807) is 6.08 Å². The lowest BCUT2D eigenvalue weighted by molar-refractivity contribution is -0.142. The summed E-state index contributed by atoms with van der Waals surface area (Å²) >= 11 is 2.16. The number of alkyl halides is 1. The maximum absolute atomic E-state index is 10.8. The summed E-state index contributed by atoms with van der Waals surface area (Å²) in [6.45, 7) is 3.73. The molecule has 12 heavy (non-hydrogen) atoms. The zero-order valence-electron chi connectivity index (χ0n) is 6.81. The Morgan fingerprint density at radius 1 is 1.58 bits per heavy atom. The molecule has 0 amide bonds. The van der Waals surface area contributed by atoms with E-state index in [0.717, 1.165) is 4.43 Å². The first-order valence-electron chi connectivity index (χ1n) is 3.59. The van der Waals surface area contributed by atoms with E-state index in [-0.39, 0.29) is 5.97 Å². The Bertz CT molecular complexity index is 200. The van der Waals surface area contributed by atoms with Gasteiger partial charge in [-0.1, -0.05) is 41.2 Å². The van der Waals surface area contributed by atoms with Crippen LogP contribution in [0.25, 0.3) is 0 Å². The molecule has 66 valence electrons. The van der Waals surface area contributed by atoms with Gasteiger partial charge in [0.25, 0.3) is 0 Å². The molecule has 0 heterocycles. The topological polar surface area (TPSA) is 26.3 Å². The fraction of sp³-hybridized carbons (Fsp3) is 0.444. The Kier molecular flexibility index (Phi) is 8.24. The molecule has 0 aromatic rings. The van der Waals surface area contributed by atoms with Gasteiger partial charge in [0.2, 0.25) is 0 Å². The summed E-state index contributed by atoms with van der Waals surface area (Å²) in [5.41, 5.74) is 0. The molecule has 3 heteroatoms. The Morgan fingerprint density at radius 3 is 2.92 bits per heavy atom. The van der Waals surface area contributed by atoms with Crippen LogP contribution >= 0.6 is 22.6 Å². The minimum absolute atomic E-state index is 0.211. The molecule has 0 atom stereocenters. The highest BCUT2D eigenvalue weighted by molar-refractivity contribution is 14.1. The highest BCUT2D eigenvalue weighted by Crippen LogP contribution is 1.91. The molecular formula is C9H11IO2. The van der Waals surface area contributed by atoms with Crippen molar-refractivity contribution in [3.8, 4) is 11.8 Å². The van der Waals surface area contributed by atoms with Crippen LogP contribution in [-0.4, -0.2) is 17.0 Å². The molecule has 0 aliphatic rings. The summed E-state index contributed by atoms with van der Waals surface area (Å²) in [6.07, 6.45) is 2.50. The summed E-state index contributed by atoms with van der Waals surface area (Å²) in [6, 6.07) is 0. The fourth-order valence-electron chi connectivity index (χ4n) is 0.524. The Hall–Kier alpha value is -0.500. The van der Waals surface area contributed by atoms with Crippen molar-refractivity contribution in [3.63, 3.8) is 0 Å². The van der Waals surface area contributed by atoms with Crippen molar-refractivity contribution in [1.82, 2.24) is 0 Å². The number of esters is 1. The third-order valence-electron chi connectivity index (χ3n) is 1.01. The van der Waals surface area contributed by atoms with E-state index in [1.165, 1.54) is 0 Å². The molecular weight excluding hydrogens is 267 g/mol. The highest BCUT2D eigenvalue weighted by Gasteiger charge is 1.97. The van der Waals surface area contributed by atoms with Crippen LogP contribution < -0.4 is 0 Å². The Morgan fingerprint density at radius 2 is 2.33 bits per heavy atom. The first-order valence-corrected chi connectivity index (χ1v) is 5.12. The number of halogens is 1. The molecule has 0 saturated carbocycles. The molecule has 0 bridgehead atoms. The average molecular weight is 278 g/mol. The van der Waals surface area contributed by atoms with Crippen LogP contribution in [0.15, 0.2) is 12.7 Å². The van der Waals surface area contributed by atoms with Crippen molar-refractivity contribution in [3.05, 3.63) is 12.7 Å². The third kappa shape index (κ3) is 7.61. The van der Waals surface area contributed by atoms with Crippen LogP contribution in [0.4, 0.5) is 0 Å². The molecule has 0 saturated heterocycles. The van der Waals surface area contributed by atoms with Crippen molar-refractivity contribution in [2.24, 2.45) is 0 Å². The van der Waals surface area contributed by atoms with Gasteiger partial charge < -0.3 is 4.74 Å². The standard InChI is InChI=1S/C9H11IO2/c1-2-8-12-9(11)6-4-3-5-7-10/h2H,1,4,6-8H2. The van der Waals surface area contributed by atoms with Gasteiger partial charge in [-0.05, 0) is 0 Å². The molecule has 0 aromatic carbocycles. The molecule has 0 N–H and O–H groups in total. The quantitative estimate of drug-likeness (QED) is 0.258. The van der Waals surface area contributed by atoms with E-state index in [9.17, 15) is 4.79 Å². The van der Waals surface area contributed by atoms with Gasteiger partial charge in [0.05, 0.1) is 10.8 Å². The van der Waals surface area contributed by atoms with E-state index in [1.807, 2.05) is 0 Å². The van der Waals surface area contributed by atoms with Crippen LogP contribution in [0.1, 0.15) is 12.8 Å². The van der Waals surface area contributed by atoms with Gasteiger partial charge in [0.1, 0.15) is 6.61 Å². The number of rotatable bonds is 4. The molecule has 0 aromatic heterocycles. The van der Waals surface area contributed by atoms with Crippen molar-refractivity contribution >= 4 is 28.6 Å². The predicted octanol–water partition coefficient (Wildman–Crippen LogP) is 1.93. The van der Waals surface area contributed by atoms with Crippen LogP contribution in [0.3, 0.4) is 0 Å². The minimum atomic E-state index is -0.211. The number of carbonyl (C=O) groups is 1. The summed E-state index contributed by atoms with van der Waals surface area (Å²) < 4.78 is 5.55. The maximum Gasteiger partial charge on any atom is 0.307 e. The van der Waals surface area contributed by atoms with Crippen LogP contribution in [0, 0.1) is 11.8 Å². The second-order valence-corrected chi connectivity index (χ2v) is 2.72. The van der Waals surface area contributed by atoms with Gasteiger partial charge in [-0.2, -0.15) is 0 Å². The predicted molar refractivity (Wildman–Crippen MR) is 57.1 cm³/mol. The van der Waals surface area contributed by atoms with Gasteiger partial charge in [0.15, 0.2) is 0 Å². The third-order valence-corrected chi connectivity index (χ3v) is 1.39. The Labute approximate surface area is 86.5 Å². The van der Waals surface area contributed by atoms with Gasteiger partial charge in [0, 0.05) is 6.42 Å². The van der Waals surface area contributed by atoms with Crippen molar-refractivity contribution in [1.29, 1.82) is 0 Å². The lowest BCUT2D eigenvalue weighted by Gasteiger charge is -1.97. The first kappa shape index (κ1) is 11.5. The normalized spacial score (nSPS) is 8.08. The Balaban J connectivity index is 3.37. The molecule has 0 spiro atoms. The maximum atomic E-state index is 10.8. The second kappa shape index (κ2) is 8.60. The second-order valence-electron chi connectivity index (χ2n) is 1.96. The number of ether oxygens (including phenoxy) is 1. The molecule has 0 fully saturated rings. The molecule has 0 aliphatic heterocycles. The summed E-state index contributed by atoms with van der Waals surface area (Å²) in [5.74, 6) is 5.52. The van der Waals surface area contributed by atoms with E-state index < -0.39 is 0 Å². The van der Waals surface area contributed by atoms with E-state index in [2.05, 4.69) is 41.0 Å². The van der Waals surface area contributed by atoms with Crippen molar-refractivity contribution < 1.29 is 9.53 Å². The van der Waals surface area contributed by atoms with E-state index in [0.29, 0.717) is 19.4 Å². The van der Waals surface area contributed by atoms with Crippen LogP contribution in [0.5, 0.6) is 0 Å².